The lowest BCUT2D eigenvalue weighted by Crippen LogP contribution is -2.02. The Bertz CT molecular complexity index is 314. The summed E-state index contributed by atoms with van der Waals surface area (Å²) in [6.07, 6.45) is 1.05. The summed E-state index contributed by atoms with van der Waals surface area (Å²) in [5.41, 5.74) is 8.07. The Morgan fingerprint density at radius 3 is 2.87 bits per heavy atom. The van der Waals surface area contributed by atoms with Crippen LogP contribution in [-0.2, 0) is 4.74 Å². The average Bonchev–Trinajstić information content (AvgIpc) is 2.22. The van der Waals surface area contributed by atoms with E-state index in [4.69, 9.17) is 10.5 Å². The van der Waals surface area contributed by atoms with Gasteiger partial charge in [-0.25, -0.2) is 0 Å². The number of nitrogens with two attached hydrogens (primary N) is 1. The summed E-state index contributed by atoms with van der Waals surface area (Å²) >= 11 is 1.82. The highest BCUT2D eigenvalue weighted by atomic mass is 32.2. The highest BCUT2D eigenvalue weighted by molar-refractivity contribution is 8.00. The largest absolute Gasteiger partial charge is 0.398 e. The summed E-state index contributed by atoms with van der Waals surface area (Å²) < 4.78 is 5.06. The first-order valence-corrected chi connectivity index (χ1v) is 6.03. The third-order valence-electron chi connectivity index (χ3n) is 2.34. The molecule has 0 aromatic heterocycles. The molecular formula is C12H19NOS. The number of methoxy groups -OCH3 is 1. The molecule has 0 heterocycles. The highest BCUT2D eigenvalue weighted by Crippen LogP contribution is 2.31. The summed E-state index contributed by atoms with van der Waals surface area (Å²) in [5.74, 6) is 0. The maximum Gasteiger partial charge on any atom is 0.0482 e. The molecule has 1 atom stereocenters. The van der Waals surface area contributed by atoms with Crippen molar-refractivity contribution in [3.05, 3.63) is 23.8 Å². The quantitative estimate of drug-likeness (QED) is 0.618. The molecule has 0 aliphatic rings. The molecule has 0 bridgehead atoms. The van der Waals surface area contributed by atoms with Crippen LogP contribution in [0.1, 0.15) is 18.9 Å². The predicted octanol–water partition coefficient (Wildman–Crippen LogP) is 3.09. The van der Waals surface area contributed by atoms with Crippen molar-refractivity contribution in [2.45, 2.75) is 30.4 Å². The first-order valence-electron chi connectivity index (χ1n) is 5.16. The Kier molecular flexibility index (Phi) is 4.99. The molecule has 0 spiro atoms. The molecule has 3 heteroatoms. The number of thioether (sulfide) groups is 1. The van der Waals surface area contributed by atoms with Crippen LogP contribution >= 0.6 is 11.8 Å². The number of anilines is 1. The van der Waals surface area contributed by atoms with Gasteiger partial charge >= 0.3 is 0 Å². The van der Waals surface area contributed by atoms with Gasteiger partial charge in [-0.3, -0.25) is 0 Å². The standard InChI is InChI=1S/C12H19NOS/c1-9-5-4-6-11(12(9)13)15-10(2)7-8-14-3/h4-6,10H,7-8,13H2,1-3H3. The minimum atomic E-state index is 0.536. The van der Waals surface area contributed by atoms with Gasteiger partial charge in [0, 0.05) is 29.5 Å². The Morgan fingerprint density at radius 2 is 2.20 bits per heavy atom. The van der Waals surface area contributed by atoms with Crippen LogP contribution in [0.25, 0.3) is 0 Å². The number of benzene rings is 1. The zero-order valence-corrected chi connectivity index (χ0v) is 10.4. The summed E-state index contributed by atoms with van der Waals surface area (Å²) in [5, 5.41) is 0.536. The average molecular weight is 225 g/mol. The Morgan fingerprint density at radius 1 is 1.47 bits per heavy atom. The van der Waals surface area contributed by atoms with Crippen molar-refractivity contribution in [1.29, 1.82) is 0 Å². The number of para-hydroxylation sites is 1. The van der Waals surface area contributed by atoms with Gasteiger partial charge in [0.25, 0.3) is 0 Å². The van der Waals surface area contributed by atoms with Gasteiger partial charge in [-0.2, -0.15) is 0 Å². The molecule has 2 N–H and O–H groups in total. The zero-order chi connectivity index (χ0) is 11.3. The van der Waals surface area contributed by atoms with E-state index < -0.39 is 0 Å². The van der Waals surface area contributed by atoms with Crippen LogP contribution in [-0.4, -0.2) is 19.0 Å². The van der Waals surface area contributed by atoms with Crippen LogP contribution in [0.4, 0.5) is 5.69 Å². The predicted molar refractivity (Wildman–Crippen MR) is 67.4 cm³/mol. The highest BCUT2D eigenvalue weighted by Gasteiger charge is 2.07. The molecule has 0 radical (unpaired) electrons. The molecule has 0 aliphatic carbocycles. The van der Waals surface area contributed by atoms with Crippen molar-refractivity contribution in [2.75, 3.05) is 19.5 Å². The molecule has 15 heavy (non-hydrogen) atoms. The third kappa shape index (κ3) is 3.76. The Labute approximate surface area is 96.2 Å². The summed E-state index contributed by atoms with van der Waals surface area (Å²) in [4.78, 5) is 1.18. The number of hydrogen-bond acceptors (Lipinski definition) is 3. The monoisotopic (exact) mass is 225 g/mol. The van der Waals surface area contributed by atoms with E-state index in [0.29, 0.717) is 5.25 Å². The van der Waals surface area contributed by atoms with Crippen molar-refractivity contribution < 1.29 is 4.74 Å². The van der Waals surface area contributed by atoms with Crippen molar-refractivity contribution in [3.8, 4) is 0 Å². The molecule has 0 amide bonds. The fourth-order valence-electron chi connectivity index (χ4n) is 1.32. The zero-order valence-electron chi connectivity index (χ0n) is 9.62. The van der Waals surface area contributed by atoms with Gasteiger partial charge in [-0.05, 0) is 25.0 Å². The number of nitrogen functional groups attached to an aromatic ring is 1. The van der Waals surface area contributed by atoms with E-state index >= 15 is 0 Å². The Hall–Kier alpha value is -0.670. The molecular weight excluding hydrogens is 206 g/mol. The molecule has 2 nitrogen and oxygen atoms in total. The van der Waals surface area contributed by atoms with Crippen LogP contribution in [0.15, 0.2) is 23.1 Å². The molecule has 0 aliphatic heterocycles. The minimum absolute atomic E-state index is 0.536. The van der Waals surface area contributed by atoms with E-state index in [9.17, 15) is 0 Å². The van der Waals surface area contributed by atoms with E-state index in [-0.39, 0.29) is 0 Å². The Balaban J connectivity index is 2.60. The van der Waals surface area contributed by atoms with Gasteiger partial charge in [0.2, 0.25) is 0 Å². The summed E-state index contributed by atoms with van der Waals surface area (Å²) in [6, 6.07) is 6.17. The normalized spacial score (nSPS) is 12.7. The molecule has 0 saturated heterocycles. The van der Waals surface area contributed by atoms with Crippen LogP contribution in [0.5, 0.6) is 0 Å². The van der Waals surface area contributed by atoms with Crippen molar-refractivity contribution >= 4 is 17.4 Å². The first kappa shape index (κ1) is 12.4. The minimum Gasteiger partial charge on any atom is -0.398 e. The fraction of sp³-hybridized carbons (Fsp3) is 0.500. The summed E-state index contributed by atoms with van der Waals surface area (Å²) in [7, 11) is 1.73. The SMILES string of the molecule is COCCC(C)Sc1cccc(C)c1N. The maximum atomic E-state index is 6.01. The van der Waals surface area contributed by atoms with Gasteiger partial charge in [0.15, 0.2) is 0 Å². The van der Waals surface area contributed by atoms with Crippen LogP contribution in [0, 0.1) is 6.92 Å². The van der Waals surface area contributed by atoms with Crippen molar-refractivity contribution in [3.63, 3.8) is 0 Å². The van der Waals surface area contributed by atoms with E-state index in [0.717, 1.165) is 24.3 Å². The fourth-order valence-corrected chi connectivity index (χ4v) is 2.41. The molecule has 1 unspecified atom stereocenters. The van der Waals surface area contributed by atoms with Crippen molar-refractivity contribution in [1.82, 2.24) is 0 Å². The van der Waals surface area contributed by atoms with E-state index in [1.54, 1.807) is 7.11 Å². The number of rotatable bonds is 5. The lowest BCUT2D eigenvalue weighted by molar-refractivity contribution is 0.195. The first-order chi connectivity index (χ1) is 7.15. The number of hydrogen-bond donors (Lipinski definition) is 1. The van der Waals surface area contributed by atoms with Crippen LogP contribution in [0.3, 0.4) is 0 Å². The summed E-state index contributed by atoms with van der Waals surface area (Å²) in [6.45, 7) is 5.05. The van der Waals surface area contributed by atoms with Crippen molar-refractivity contribution in [2.24, 2.45) is 0 Å². The lowest BCUT2D eigenvalue weighted by Gasteiger charge is -2.13. The number of ether oxygens (including phenoxy) is 1. The van der Waals surface area contributed by atoms with E-state index in [1.165, 1.54) is 4.90 Å². The third-order valence-corrected chi connectivity index (χ3v) is 3.59. The van der Waals surface area contributed by atoms with Gasteiger partial charge < -0.3 is 10.5 Å². The van der Waals surface area contributed by atoms with Gasteiger partial charge in [-0.15, -0.1) is 11.8 Å². The smallest absolute Gasteiger partial charge is 0.0482 e. The topological polar surface area (TPSA) is 35.2 Å². The second-order valence-corrected chi connectivity index (χ2v) is 5.18. The molecule has 1 aromatic rings. The number of aryl methyl sites for hydroxylation is 1. The molecule has 1 aromatic carbocycles. The van der Waals surface area contributed by atoms with E-state index in [1.807, 2.05) is 24.8 Å². The second-order valence-electron chi connectivity index (χ2n) is 3.70. The van der Waals surface area contributed by atoms with Gasteiger partial charge in [0.05, 0.1) is 0 Å². The van der Waals surface area contributed by atoms with E-state index in [2.05, 4.69) is 19.1 Å². The van der Waals surface area contributed by atoms with Crippen LogP contribution < -0.4 is 5.73 Å². The lowest BCUT2D eigenvalue weighted by atomic mass is 10.2. The van der Waals surface area contributed by atoms with Gasteiger partial charge in [0.1, 0.15) is 0 Å². The second kappa shape index (κ2) is 6.03. The molecule has 0 saturated carbocycles. The molecule has 84 valence electrons. The maximum absolute atomic E-state index is 6.01. The molecule has 0 fully saturated rings. The van der Waals surface area contributed by atoms with Crippen LogP contribution in [0.2, 0.25) is 0 Å². The van der Waals surface area contributed by atoms with Gasteiger partial charge in [-0.1, -0.05) is 19.1 Å². The molecule has 1 rings (SSSR count).